The zero-order chi connectivity index (χ0) is 12.1. The van der Waals surface area contributed by atoms with E-state index in [9.17, 15) is 13.2 Å². The summed E-state index contributed by atoms with van der Waals surface area (Å²) in [4.78, 5) is 1.35. The zero-order valence-electron chi connectivity index (χ0n) is 9.09. The van der Waals surface area contributed by atoms with Crippen molar-refractivity contribution < 1.29 is 13.2 Å². The second-order valence-corrected chi connectivity index (χ2v) is 3.55. The fourth-order valence-corrected chi connectivity index (χ4v) is 1.60. The number of nitrogens with zero attached hydrogens (tertiary/aromatic N) is 1. The molecule has 0 aliphatic rings. The van der Waals surface area contributed by atoms with Crippen LogP contribution >= 0.6 is 0 Å². The number of hydrogen-bond acceptors (Lipinski definition) is 2. The Kier molecular flexibility index (Phi) is 4.61. The average molecular weight is 232 g/mol. The van der Waals surface area contributed by atoms with Gasteiger partial charge in [-0.3, -0.25) is 0 Å². The molecule has 0 amide bonds. The third-order valence-corrected chi connectivity index (χ3v) is 2.31. The zero-order valence-corrected chi connectivity index (χ0v) is 9.09. The summed E-state index contributed by atoms with van der Waals surface area (Å²) < 4.78 is 37.9. The first-order valence-electron chi connectivity index (χ1n) is 5.03. The minimum absolute atomic E-state index is 0.288. The topological polar surface area (TPSA) is 29.3 Å². The van der Waals surface area contributed by atoms with E-state index >= 15 is 0 Å². The monoisotopic (exact) mass is 232 g/mol. The van der Waals surface area contributed by atoms with Crippen LogP contribution < -0.4 is 10.6 Å². The van der Waals surface area contributed by atoms with Gasteiger partial charge in [-0.2, -0.15) is 0 Å². The summed E-state index contributed by atoms with van der Waals surface area (Å²) >= 11 is 0. The van der Waals surface area contributed by atoms with Crippen LogP contribution in [0.4, 0.5) is 18.9 Å². The first kappa shape index (κ1) is 12.8. The normalized spacial score (nSPS) is 10.9. The smallest absolute Gasteiger partial charge is 0.255 e. The van der Waals surface area contributed by atoms with Gasteiger partial charge in [-0.15, -0.1) is 0 Å². The molecule has 0 aliphatic heterocycles. The van der Waals surface area contributed by atoms with Gasteiger partial charge in [-0.05, 0) is 25.1 Å². The fourth-order valence-electron chi connectivity index (χ4n) is 1.60. The summed E-state index contributed by atoms with van der Waals surface area (Å²) in [5, 5.41) is 0. The first-order chi connectivity index (χ1) is 7.56. The highest BCUT2D eigenvalue weighted by molar-refractivity contribution is 5.53. The molecule has 0 aliphatic carbocycles. The second-order valence-electron chi connectivity index (χ2n) is 3.55. The van der Waals surface area contributed by atoms with Crippen molar-refractivity contribution in [2.24, 2.45) is 5.73 Å². The second kappa shape index (κ2) is 5.75. The van der Waals surface area contributed by atoms with Gasteiger partial charge in [0.1, 0.15) is 5.82 Å². The number of nitrogens with two attached hydrogens (primary N) is 1. The molecule has 0 fully saturated rings. The van der Waals surface area contributed by atoms with Crippen LogP contribution in [0.25, 0.3) is 0 Å². The Hall–Kier alpha value is -1.23. The van der Waals surface area contributed by atoms with Crippen molar-refractivity contribution in [1.82, 2.24) is 0 Å². The van der Waals surface area contributed by atoms with E-state index in [2.05, 4.69) is 0 Å². The van der Waals surface area contributed by atoms with Crippen molar-refractivity contribution >= 4 is 5.69 Å². The van der Waals surface area contributed by atoms with E-state index in [4.69, 9.17) is 5.73 Å². The fraction of sp³-hybridized carbons (Fsp3) is 0.455. The highest BCUT2D eigenvalue weighted by Crippen LogP contribution is 2.23. The molecule has 2 N–H and O–H groups in total. The van der Waals surface area contributed by atoms with E-state index in [1.807, 2.05) is 0 Å². The summed E-state index contributed by atoms with van der Waals surface area (Å²) in [5.41, 5.74) is 6.24. The maximum absolute atomic E-state index is 13.5. The third-order valence-electron chi connectivity index (χ3n) is 2.31. The van der Waals surface area contributed by atoms with Gasteiger partial charge in [0.2, 0.25) is 0 Å². The predicted molar refractivity (Wildman–Crippen MR) is 58.4 cm³/mol. The van der Waals surface area contributed by atoms with Gasteiger partial charge in [0.25, 0.3) is 6.43 Å². The van der Waals surface area contributed by atoms with Crippen LogP contribution in [0.1, 0.15) is 5.56 Å². The van der Waals surface area contributed by atoms with Crippen LogP contribution in [0.3, 0.4) is 0 Å². The minimum Gasteiger partial charge on any atom is -0.369 e. The molecule has 0 unspecified atom stereocenters. The van der Waals surface area contributed by atoms with Crippen molar-refractivity contribution in [1.29, 1.82) is 0 Å². The molecule has 90 valence electrons. The van der Waals surface area contributed by atoms with Crippen LogP contribution in [0.5, 0.6) is 0 Å². The SMILES string of the molecule is CN(CC(F)F)c1cccc(F)c1CCN. The van der Waals surface area contributed by atoms with Crippen molar-refractivity contribution in [3.8, 4) is 0 Å². The van der Waals surface area contributed by atoms with Gasteiger partial charge < -0.3 is 10.6 Å². The Balaban J connectivity index is 2.97. The summed E-state index contributed by atoms with van der Waals surface area (Å²) in [6.07, 6.45) is -2.10. The van der Waals surface area contributed by atoms with E-state index < -0.39 is 18.8 Å². The molecule has 16 heavy (non-hydrogen) atoms. The lowest BCUT2D eigenvalue weighted by atomic mass is 10.1. The molecule has 0 spiro atoms. The molecular formula is C11H15F3N2. The lowest BCUT2D eigenvalue weighted by Gasteiger charge is -2.22. The summed E-state index contributed by atoms with van der Waals surface area (Å²) in [6.45, 7) is -0.128. The molecular weight excluding hydrogens is 217 g/mol. The Bertz CT molecular complexity index is 342. The van der Waals surface area contributed by atoms with Gasteiger partial charge in [-0.25, -0.2) is 13.2 Å². The van der Waals surface area contributed by atoms with E-state index in [-0.39, 0.29) is 6.54 Å². The molecule has 0 radical (unpaired) electrons. The van der Waals surface area contributed by atoms with Crippen LogP contribution in [-0.4, -0.2) is 26.6 Å². The van der Waals surface area contributed by atoms with Crippen LogP contribution in [0.2, 0.25) is 0 Å². The minimum atomic E-state index is -2.45. The average Bonchev–Trinajstić information content (AvgIpc) is 2.20. The van der Waals surface area contributed by atoms with E-state index in [1.165, 1.54) is 24.1 Å². The first-order valence-corrected chi connectivity index (χ1v) is 5.03. The highest BCUT2D eigenvalue weighted by Gasteiger charge is 2.14. The molecule has 0 saturated carbocycles. The Morgan fingerprint density at radius 3 is 2.62 bits per heavy atom. The van der Waals surface area contributed by atoms with Crippen molar-refractivity contribution in [3.05, 3.63) is 29.6 Å². The van der Waals surface area contributed by atoms with Gasteiger partial charge >= 0.3 is 0 Å². The maximum atomic E-state index is 13.5. The number of anilines is 1. The number of alkyl halides is 2. The quantitative estimate of drug-likeness (QED) is 0.841. The molecule has 5 heteroatoms. The number of rotatable bonds is 5. The van der Waals surface area contributed by atoms with E-state index in [1.54, 1.807) is 6.07 Å². The number of halogens is 3. The predicted octanol–water partition coefficient (Wildman–Crippen LogP) is 2.03. The molecule has 2 nitrogen and oxygen atoms in total. The van der Waals surface area contributed by atoms with Crippen molar-refractivity contribution in [2.45, 2.75) is 12.8 Å². The number of benzene rings is 1. The summed E-state index contributed by atoms with van der Waals surface area (Å²) in [6, 6.07) is 4.44. The standard InChI is InChI=1S/C11H15F3N2/c1-16(7-11(13)14)10-4-2-3-9(12)8(10)5-6-15/h2-4,11H,5-7,15H2,1H3. The summed E-state index contributed by atoms with van der Waals surface area (Å²) in [7, 11) is 1.51. The molecule has 0 aromatic heterocycles. The molecule has 1 rings (SSSR count). The Morgan fingerprint density at radius 1 is 1.38 bits per heavy atom. The van der Waals surface area contributed by atoms with Gasteiger partial charge in [0.05, 0.1) is 6.54 Å². The molecule has 0 bridgehead atoms. The van der Waals surface area contributed by atoms with E-state index in [0.717, 1.165) is 0 Å². The Morgan fingerprint density at radius 2 is 2.06 bits per heavy atom. The Labute approximate surface area is 92.9 Å². The molecule has 1 aromatic rings. The van der Waals surface area contributed by atoms with Crippen LogP contribution in [-0.2, 0) is 6.42 Å². The van der Waals surface area contributed by atoms with Crippen LogP contribution in [0.15, 0.2) is 18.2 Å². The third kappa shape index (κ3) is 3.13. The van der Waals surface area contributed by atoms with E-state index in [0.29, 0.717) is 17.7 Å². The molecule has 1 aromatic carbocycles. The largest absolute Gasteiger partial charge is 0.369 e. The lowest BCUT2D eigenvalue weighted by molar-refractivity contribution is 0.156. The lowest BCUT2D eigenvalue weighted by Crippen LogP contribution is -2.25. The maximum Gasteiger partial charge on any atom is 0.255 e. The van der Waals surface area contributed by atoms with Gasteiger partial charge in [-0.1, -0.05) is 6.07 Å². The highest BCUT2D eigenvalue weighted by atomic mass is 19.3. The van der Waals surface area contributed by atoms with Gasteiger partial charge in [0.15, 0.2) is 0 Å². The van der Waals surface area contributed by atoms with Crippen molar-refractivity contribution in [3.63, 3.8) is 0 Å². The molecule has 0 heterocycles. The molecule has 0 atom stereocenters. The summed E-state index contributed by atoms with van der Waals surface area (Å²) in [5.74, 6) is -0.399. The molecule has 0 saturated heterocycles. The van der Waals surface area contributed by atoms with Crippen molar-refractivity contribution in [2.75, 3.05) is 25.0 Å². The van der Waals surface area contributed by atoms with Crippen LogP contribution in [0, 0.1) is 5.82 Å². The number of hydrogen-bond donors (Lipinski definition) is 1. The van der Waals surface area contributed by atoms with Gasteiger partial charge in [0, 0.05) is 18.3 Å².